The minimum atomic E-state index is 0. The average molecular weight is 188 g/mol. The number of hydrogen-bond donors (Lipinski definition) is 2. The van der Waals surface area contributed by atoms with Crippen LogP contribution in [0.3, 0.4) is 0 Å². The predicted octanol–water partition coefficient (Wildman–Crippen LogP) is 3.35. The molecule has 0 aliphatic heterocycles. The van der Waals surface area contributed by atoms with Crippen molar-refractivity contribution in [2.75, 3.05) is 0 Å². The van der Waals surface area contributed by atoms with Crippen molar-refractivity contribution in [2.45, 2.75) is 60.4 Å². The van der Waals surface area contributed by atoms with Crippen molar-refractivity contribution in [3.8, 4) is 0 Å². The third kappa shape index (κ3) is 8.26. The van der Waals surface area contributed by atoms with E-state index in [2.05, 4.69) is 41.5 Å². The SMILES string of the molecule is CC(C)(C)CCC(N)C(C)(C)C.N. The maximum Gasteiger partial charge on any atom is 0.00878 e. The Hall–Kier alpha value is -0.0800. The van der Waals surface area contributed by atoms with Crippen molar-refractivity contribution in [2.24, 2.45) is 16.6 Å². The normalized spacial score (nSPS) is 15.0. The molecular weight excluding hydrogens is 160 g/mol. The smallest absolute Gasteiger partial charge is 0.00878 e. The summed E-state index contributed by atoms with van der Waals surface area (Å²) in [5.74, 6) is 0. The maximum absolute atomic E-state index is 6.06. The van der Waals surface area contributed by atoms with Crippen molar-refractivity contribution in [1.82, 2.24) is 6.15 Å². The van der Waals surface area contributed by atoms with Crippen LogP contribution in [0.1, 0.15) is 54.4 Å². The monoisotopic (exact) mass is 188 g/mol. The summed E-state index contributed by atoms with van der Waals surface area (Å²) in [6.45, 7) is 13.4. The van der Waals surface area contributed by atoms with Gasteiger partial charge in [0.1, 0.15) is 0 Å². The average Bonchev–Trinajstić information content (AvgIpc) is 1.78. The lowest BCUT2D eigenvalue weighted by atomic mass is 9.80. The van der Waals surface area contributed by atoms with Crippen molar-refractivity contribution in [1.29, 1.82) is 0 Å². The molecule has 5 N–H and O–H groups in total. The van der Waals surface area contributed by atoms with E-state index >= 15 is 0 Å². The van der Waals surface area contributed by atoms with Gasteiger partial charge in [-0.05, 0) is 23.7 Å². The molecule has 0 bridgehead atoms. The van der Waals surface area contributed by atoms with Crippen LogP contribution >= 0.6 is 0 Å². The molecule has 2 heteroatoms. The molecule has 0 aliphatic carbocycles. The Balaban J connectivity index is 0. The van der Waals surface area contributed by atoms with Crippen LogP contribution in [0.15, 0.2) is 0 Å². The summed E-state index contributed by atoms with van der Waals surface area (Å²) < 4.78 is 0. The van der Waals surface area contributed by atoms with Crippen molar-refractivity contribution in [3.63, 3.8) is 0 Å². The van der Waals surface area contributed by atoms with Gasteiger partial charge in [0.15, 0.2) is 0 Å². The highest BCUT2D eigenvalue weighted by molar-refractivity contribution is 4.78. The predicted molar refractivity (Wildman–Crippen MR) is 61.1 cm³/mol. The molecule has 0 saturated heterocycles. The number of rotatable bonds is 2. The van der Waals surface area contributed by atoms with Crippen LogP contribution in [-0.2, 0) is 0 Å². The zero-order valence-electron chi connectivity index (χ0n) is 10.3. The van der Waals surface area contributed by atoms with Gasteiger partial charge in [-0.15, -0.1) is 0 Å². The Morgan fingerprint density at radius 2 is 1.38 bits per heavy atom. The Bertz CT molecular complexity index is 128. The lowest BCUT2D eigenvalue weighted by Crippen LogP contribution is -2.35. The van der Waals surface area contributed by atoms with Crippen molar-refractivity contribution in [3.05, 3.63) is 0 Å². The first-order valence-corrected chi connectivity index (χ1v) is 4.88. The molecule has 82 valence electrons. The third-order valence-electron chi connectivity index (χ3n) is 2.32. The van der Waals surface area contributed by atoms with Crippen LogP contribution < -0.4 is 11.9 Å². The summed E-state index contributed by atoms with van der Waals surface area (Å²) in [5.41, 5.74) is 6.73. The quantitative estimate of drug-likeness (QED) is 0.698. The first-order chi connectivity index (χ1) is 5.13. The van der Waals surface area contributed by atoms with Crippen LogP contribution in [0, 0.1) is 10.8 Å². The molecule has 0 fully saturated rings. The van der Waals surface area contributed by atoms with Gasteiger partial charge >= 0.3 is 0 Å². The van der Waals surface area contributed by atoms with Gasteiger partial charge in [0.2, 0.25) is 0 Å². The highest BCUT2D eigenvalue weighted by Crippen LogP contribution is 2.27. The minimum absolute atomic E-state index is 0. The van der Waals surface area contributed by atoms with Gasteiger partial charge in [-0.1, -0.05) is 41.5 Å². The first-order valence-electron chi connectivity index (χ1n) is 4.88. The van der Waals surface area contributed by atoms with E-state index in [1.54, 1.807) is 0 Å². The van der Waals surface area contributed by atoms with E-state index in [4.69, 9.17) is 5.73 Å². The molecule has 0 rings (SSSR count). The molecule has 1 atom stereocenters. The van der Waals surface area contributed by atoms with Crippen LogP contribution in [0.5, 0.6) is 0 Å². The summed E-state index contributed by atoms with van der Waals surface area (Å²) in [4.78, 5) is 0. The molecule has 2 nitrogen and oxygen atoms in total. The van der Waals surface area contributed by atoms with E-state index in [-0.39, 0.29) is 11.6 Å². The molecule has 0 heterocycles. The highest BCUT2D eigenvalue weighted by atomic mass is 14.7. The second kappa shape index (κ2) is 4.97. The Morgan fingerprint density at radius 1 is 1.00 bits per heavy atom. The summed E-state index contributed by atoms with van der Waals surface area (Å²) in [6, 6.07) is 0.330. The number of hydrogen-bond acceptors (Lipinski definition) is 2. The fourth-order valence-corrected chi connectivity index (χ4v) is 1.02. The minimum Gasteiger partial charge on any atom is -0.344 e. The van der Waals surface area contributed by atoms with Gasteiger partial charge in [-0.3, -0.25) is 0 Å². The maximum atomic E-state index is 6.06. The standard InChI is InChI=1S/C11H25N.H3N/c1-10(2,3)8-7-9(12)11(4,5)6;/h9H,7-8,12H2,1-6H3;1H3. The molecule has 1 unspecified atom stereocenters. The summed E-state index contributed by atoms with van der Waals surface area (Å²) in [6.07, 6.45) is 2.35. The van der Waals surface area contributed by atoms with Gasteiger partial charge < -0.3 is 11.9 Å². The van der Waals surface area contributed by atoms with E-state index < -0.39 is 0 Å². The van der Waals surface area contributed by atoms with E-state index in [1.807, 2.05) is 0 Å². The molecule has 0 aromatic heterocycles. The molecule has 0 amide bonds. The Kier molecular flexibility index (Phi) is 5.88. The van der Waals surface area contributed by atoms with Crippen LogP contribution in [-0.4, -0.2) is 6.04 Å². The lowest BCUT2D eigenvalue weighted by molar-refractivity contribution is 0.261. The van der Waals surface area contributed by atoms with Crippen LogP contribution in [0.2, 0.25) is 0 Å². The van der Waals surface area contributed by atoms with Crippen LogP contribution in [0.25, 0.3) is 0 Å². The van der Waals surface area contributed by atoms with Gasteiger partial charge in [-0.2, -0.15) is 0 Å². The molecule has 0 aliphatic rings. The van der Waals surface area contributed by atoms with E-state index in [1.165, 1.54) is 6.42 Å². The molecule has 13 heavy (non-hydrogen) atoms. The molecule has 0 radical (unpaired) electrons. The second-order valence-corrected chi connectivity index (χ2v) is 6.07. The molecule has 0 spiro atoms. The summed E-state index contributed by atoms with van der Waals surface area (Å²) in [5, 5.41) is 0. The van der Waals surface area contributed by atoms with Gasteiger partial charge in [0, 0.05) is 6.04 Å². The third-order valence-corrected chi connectivity index (χ3v) is 2.32. The topological polar surface area (TPSA) is 61.0 Å². The summed E-state index contributed by atoms with van der Waals surface area (Å²) >= 11 is 0. The fourth-order valence-electron chi connectivity index (χ4n) is 1.02. The molecule has 0 saturated carbocycles. The summed E-state index contributed by atoms with van der Waals surface area (Å²) in [7, 11) is 0. The highest BCUT2D eigenvalue weighted by Gasteiger charge is 2.22. The Labute approximate surface area is 83.9 Å². The molecule has 0 aromatic rings. The van der Waals surface area contributed by atoms with Gasteiger partial charge in [0.25, 0.3) is 0 Å². The van der Waals surface area contributed by atoms with Crippen LogP contribution in [0.4, 0.5) is 0 Å². The fraction of sp³-hybridized carbons (Fsp3) is 1.00. The Morgan fingerprint density at radius 3 is 1.62 bits per heavy atom. The molecular formula is C11H28N2. The van der Waals surface area contributed by atoms with Crippen molar-refractivity contribution < 1.29 is 0 Å². The van der Waals surface area contributed by atoms with E-state index in [0.29, 0.717) is 11.5 Å². The zero-order valence-corrected chi connectivity index (χ0v) is 10.3. The molecule has 0 aromatic carbocycles. The van der Waals surface area contributed by atoms with Crippen molar-refractivity contribution >= 4 is 0 Å². The number of nitrogens with two attached hydrogens (primary N) is 1. The second-order valence-electron chi connectivity index (χ2n) is 6.07. The van der Waals surface area contributed by atoms with E-state index in [0.717, 1.165) is 6.42 Å². The largest absolute Gasteiger partial charge is 0.344 e. The van der Waals surface area contributed by atoms with Gasteiger partial charge in [0.05, 0.1) is 0 Å². The van der Waals surface area contributed by atoms with Gasteiger partial charge in [-0.25, -0.2) is 0 Å². The lowest BCUT2D eigenvalue weighted by Gasteiger charge is -2.29. The van der Waals surface area contributed by atoms with E-state index in [9.17, 15) is 0 Å². The zero-order chi connectivity index (χ0) is 9.99. The first kappa shape index (κ1) is 15.4.